The van der Waals surface area contributed by atoms with E-state index in [0.717, 1.165) is 18.5 Å². The van der Waals surface area contributed by atoms with Gasteiger partial charge in [0.1, 0.15) is 6.61 Å². The highest BCUT2D eigenvalue weighted by Gasteiger charge is 2.28. The van der Waals surface area contributed by atoms with E-state index in [-0.39, 0.29) is 12.4 Å². The van der Waals surface area contributed by atoms with Crippen molar-refractivity contribution in [2.45, 2.75) is 33.7 Å². The molecular weight excluding hydrogens is 261 g/mol. The number of hydrogen-bond donors (Lipinski definition) is 2. The molecule has 0 aliphatic heterocycles. The fraction of sp³-hybridized carbons (Fsp3) is 0.533. The van der Waals surface area contributed by atoms with Crippen molar-refractivity contribution in [3.8, 4) is 5.75 Å². The van der Waals surface area contributed by atoms with Crippen molar-refractivity contribution in [3.63, 3.8) is 0 Å². The molecule has 0 heterocycles. The molecule has 2 N–H and O–H groups in total. The van der Waals surface area contributed by atoms with Crippen molar-refractivity contribution < 1.29 is 19.0 Å². The Morgan fingerprint density at radius 1 is 1.45 bits per heavy atom. The summed E-state index contributed by atoms with van der Waals surface area (Å²) >= 11 is 0. The van der Waals surface area contributed by atoms with Crippen LogP contribution in [0.4, 0.5) is 4.39 Å². The normalized spacial score (nSPS) is 11.4. The Balaban J connectivity index is 2.62. The molecule has 0 radical (unpaired) electrons. The molecule has 0 spiro atoms. The van der Waals surface area contributed by atoms with Gasteiger partial charge in [-0.3, -0.25) is 4.79 Å². The SMILES string of the molecule is CCCNCc1ccc(OCC(C)(C)C(=O)O)c(F)c1. The van der Waals surface area contributed by atoms with Gasteiger partial charge in [-0.2, -0.15) is 0 Å². The van der Waals surface area contributed by atoms with Crippen LogP contribution < -0.4 is 10.1 Å². The molecule has 0 aromatic heterocycles. The van der Waals surface area contributed by atoms with Crippen LogP contribution in [0.1, 0.15) is 32.8 Å². The smallest absolute Gasteiger partial charge is 0.312 e. The zero-order chi connectivity index (χ0) is 15.2. The van der Waals surface area contributed by atoms with E-state index in [4.69, 9.17) is 9.84 Å². The zero-order valence-corrected chi connectivity index (χ0v) is 12.2. The van der Waals surface area contributed by atoms with E-state index in [9.17, 15) is 9.18 Å². The molecule has 0 saturated carbocycles. The lowest BCUT2D eigenvalue weighted by Gasteiger charge is -2.19. The number of carboxylic acids is 1. The lowest BCUT2D eigenvalue weighted by atomic mass is 9.95. The predicted molar refractivity (Wildman–Crippen MR) is 75.3 cm³/mol. The lowest BCUT2D eigenvalue weighted by molar-refractivity contribution is -0.148. The number of carbonyl (C=O) groups is 1. The lowest BCUT2D eigenvalue weighted by Crippen LogP contribution is -2.30. The molecule has 5 heteroatoms. The highest BCUT2D eigenvalue weighted by atomic mass is 19.1. The number of hydrogen-bond acceptors (Lipinski definition) is 3. The van der Waals surface area contributed by atoms with Gasteiger partial charge in [0.2, 0.25) is 0 Å². The third-order valence-electron chi connectivity index (χ3n) is 2.92. The van der Waals surface area contributed by atoms with E-state index >= 15 is 0 Å². The summed E-state index contributed by atoms with van der Waals surface area (Å²) in [5.74, 6) is -1.36. The zero-order valence-electron chi connectivity index (χ0n) is 12.2. The largest absolute Gasteiger partial charge is 0.489 e. The molecule has 0 fully saturated rings. The minimum absolute atomic E-state index is 0.0767. The van der Waals surface area contributed by atoms with E-state index in [0.29, 0.717) is 6.54 Å². The second-order valence-electron chi connectivity index (χ2n) is 5.42. The Labute approximate surface area is 119 Å². The first-order valence-electron chi connectivity index (χ1n) is 6.72. The number of aliphatic carboxylic acids is 1. The summed E-state index contributed by atoms with van der Waals surface area (Å²) in [6.45, 7) is 6.55. The third kappa shape index (κ3) is 4.81. The molecular formula is C15H22FNO3. The predicted octanol–water partition coefficient (Wildman–Crippen LogP) is 2.81. The van der Waals surface area contributed by atoms with Crippen molar-refractivity contribution in [1.29, 1.82) is 0 Å². The van der Waals surface area contributed by atoms with Gasteiger partial charge < -0.3 is 15.2 Å². The van der Waals surface area contributed by atoms with Crippen LogP contribution in [0.5, 0.6) is 5.75 Å². The van der Waals surface area contributed by atoms with Crippen molar-refractivity contribution in [2.24, 2.45) is 5.41 Å². The number of ether oxygens (including phenoxy) is 1. The first-order chi connectivity index (χ1) is 9.36. The highest BCUT2D eigenvalue weighted by molar-refractivity contribution is 5.73. The van der Waals surface area contributed by atoms with Crippen LogP contribution >= 0.6 is 0 Å². The number of carboxylic acid groups (broad SMARTS) is 1. The van der Waals surface area contributed by atoms with Crippen LogP contribution in [0.15, 0.2) is 18.2 Å². The molecule has 0 aliphatic carbocycles. The van der Waals surface area contributed by atoms with Gasteiger partial charge in [-0.1, -0.05) is 13.0 Å². The minimum atomic E-state index is -1.05. The maximum atomic E-state index is 13.8. The summed E-state index contributed by atoms with van der Waals surface area (Å²) in [4.78, 5) is 10.9. The third-order valence-corrected chi connectivity index (χ3v) is 2.92. The van der Waals surface area contributed by atoms with Gasteiger partial charge in [0.15, 0.2) is 11.6 Å². The fourth-order valence-electron chi connectivity index (χ4n) is 1.50. The second kappa shape index (κ2) is 7.24. The summed E-state index contributed by atoms with van der Waals surface area (Å²) in [5, 5.41) is 12.2. The first kappa shape index (κ1) is 16.4. The molecule has 0 saturated heterocycles. The molecule has 112 valence electrons. The Bertz CT molecular complexity index is 460. The van der Waals surface area contributed by atoms with Crippen molar-refractivity contribution >= 4 is 5.97 Å². The van der Waals surface area contributed by atoms with E-state index in [1.807, 2.05) is 0 Å². The molecule has 0 unspecified atom stereocenters. The maximum absolute atomic E-state index is 13.8. The quantitative estimate of drug-likeness (QED) is 0.720. The number of benzene rings is 1. The molecule has 0 amide bonds. The van der Waals surface area contributed by atoms with Gasteiger partial charge in [0, 0.05) is 6.54 Å². The van der Waals surface area contributed by atoms with Gasteiger partial charge in [-0.25, -0.2) is 4.39 Å². The Kier molecular flexibility index (Phi) is 5.95. The number of rotatable bonds is 8. The monoisotopic (exact) mass is 283 g/mol. The molecule has 1 rings (SSSR count). The van der Waals surface area contributed by atoms with Crippen LogP contribution in [0.25, 0.3) is 0 Å². The summed E-state index contributed by atoms with van der Waals surface area (Å²) in [6.07, 6.45) is 1.02. The van der Waals surface area contributed by atoms with Crippen molar-refractivity contribution in [1.82, 2.24) is 5.32 Å². The summed E-state index contributed by atoms with van der Waals surface area (Å²) in [5.41, 5.74) is -0.214. The molecule has 0 aliphatic rings. The Hall–Kier alpha value is -1.62. The number of nitrogens with one attached hydrogen (secondary N) is 1. The van der Waals surface area contributed by atoms with Crippen molar-refractivity contribution in [3.05, 3.63) is 29.6 Å². The van der Waals surface area contributed by atoms with Gasteiger partial charge in [-0.05, 0) is 44.5 Å². The van der Waals surface area contributed by atoms with E-state index in [1.165, 1.54) is 26.0 Å². The van der Waals surface area contributed by atoms with Crippen LogP contribution in [0.3, 0.4) is 0 Å². The summed E-state index contributed by atoms with van der Waals surface area (Å²) in [7, 11) is 0. The van der Waals surface area contributed by atoms with Crippen LogP contribution in [-0.4, -0.2) is 24.2 Å². The first-order valence-corrected chi connectivity index (χ1v) is 6.72. The van der Waals surface area contributed by atoms with Gasteiger partial charge in [-0.15, -0.1) is 0 Å². The maximum Gasteiger partial charge on any atom is 0.312 e. The Morgan fingerprint density at radius 3 is 2.70 bits per heavy atom. The van der Waals surface area contributed by atoms with Gasteiger partial charge in [0.25, 0.3) is 0 Å². The average Bonchev–Trinajstić information content (AvgIpc) is 2.38. The summed E-state index contributed by atoms with van der Waals surface area (Å²) < 4.78 is 19.1. The minimum Gasteiger partial charge on any atom is -0.489 e. The summed E-state index contributed by atoms with van der Waals surface area (Å²) in [6, 6.07) is 4.72. The van der Waals surface area contributed by atoms with Crippen molar-refractivity contribution in [2.75, 3.05) is 13.2 Å². The Morgan fingerprint density at radius 2 is 2.15 bits per heavy atom. The average molecular weight is 283 g/mol. The van der Waals surface area contributed by atoms with Crippen LogP contribution in [0.2, 0.25) is 0 Å². The van der Waals surface area contributed by atoms with Crippen LogP contribution in [0, 0.1) is 11.2 Å². The second-order valence-corrected chi connectivity index (χ2v) is 5.42. The molecule has 4 nitrogen and oxygen atoms in total. The van der Waals surface area contributed by atoms with Gasteiger partial charge in [0.05, 0.1) is 5.41 Å². The van der Waals surface area contributed by atoms with E-state index < -0.39 is 17.2 Å². The molecule has 0 atom stereocenters. The number of halogens is 1. The molecule has 0 bridgehead atoms. The molecule has 1 aromatic carbocycles. The van der Waals surface area contributed by atoms with Gasteiger partial charge >= 0.3 is 5.97 Å². The standard InChI is InChI=1S/C15H22FNO3/c1-4-7-17-9-11-5-6-13(12(16)8-11)20-10-15(2,3)14(18)19/h5-6,8,17H,4,7,9-10H2,1-3H3,(H,18,19). The van der Waals surface area contributed by atoms with Crippen LogP contribution in [-0.2, 0) is 11.3 Å². The fourth-order valence-corrected chi connectivity index (χ4v) is 1.50. The molecule has 20 heavy (non-hydrogen) atoms. The topological polar surface area (TPSA) is 58.6 Å². The van der Waals surface area contributed by atoms with E-state index in [1.54, 1.807) is 6.07 Å². The molecule has 1 aromatic rings. The van der Waals surface area contributed by atoms with E-state index in [2.05, 4.69) is 12.2 Å². The highest BCUT2D eigenvalue weighted by Crippen LogP contribution is 2.22.